The summed E-state index contributed by atoms with van der Waals surface area (Å²) < 4.78 is 5.05. The summed E-state index contributed by atoms with van der Waals surface area (Å²) in [5, 5.41) is 1.03. The summed E-state index contributed by atoms with van der Waals surface area (Å²) in [6.45, 7) is 2.73. The van der Waals surface area contributed by atoms with E-state index < -0.39 is 0 Å². The number of hydrogen-bond donors (Lipinski definition) is 0. The number of carbonyl (C=O) groups is 1. The molecule has 1 fully saturated rings. The Morgan fingerprint density at radius 3 is 2.38 bits per heavy atom. The fourth-order valence-corrected chi connectivity index (χ4v) is 3.71. The van der Waals surface area contributed by atoms with Crippen molar-refractivity contribution in [3.8, 4) is 11.4 Å². The summed E-state index contributed by atoms with van der Waals surface area (Å²) in [5.41, 5.74) is 2.51. The van der Waals surface area contributed by atoms with Gasteiger partial charge in [0, 0.05) is 37.1 Å². The molecule has 6 heteroatoms. The minimum absolute atomic E-state index is 0.0101. The maximum absolute atomic E-state index is 12.6. The maximum atomic E-state index is 12.6. The van der Waals surface area contributed by atoms with Gasteiger partial charge in [0.25, 0.3) is 5.91 Å². The van der Waals surface area contributed by atoms with E-state index in [4.69, 9.17) is 14.4 Å². The molecule has 0 bridgehead atoms. The number of aromatic nitrogens is 2. The van der Waals surface area contributed by atoms with Gasteiger partial charge in [-0.2, -0.15) is 0 Å². The van der Waals surface area contributed by atoms with Gasteiger partial charge in [-0.25, -0.2) is 9.97 Å². The first-order valence-electron chi connectivity index (χ1n) is 9.68. The number of benzene rings is 2. The molecule has 0 N–H and O–H groups in total. The molecule has 3 heterocycles. The highest BCUT2D eigenvalue weighted by Crippen LogP contribution is 2.28. The van der Waals surface area contributed by atoms with Gasteiger partial charge in [-0.3, -0.25) is 4.79 Å². The Kier molecular flexibility index (Phi) is 4.44. The van der Waals surface area contributed by atoms with Crippen LogP contribution in [0.1, 0.15) is 10.4 Å². The Labute approximate surface area is 168 Å². The van der Waals surface area contributed by atoms with Gasteiger partial charge in [-0.15, -0.1) is 0 Å². The van der Waals surface area contributed by atoms with Crippen molar-refractivity contribution < 1.29 is 9.21 Å². The highest BCUT2D eigenvalue weighted by molar-refractivity contribution is 5.94. The molecule has 0 unspecified atom stereocenters. The molecule has 29 heavy (non-hydrogen) atoms. The Morgan fingerprint density at radius 2 is 1.62 bits per heavy atom. The number of anilines is 1. The fraction of sp³-hybridized carbons (Fsp3) is 0.174. The van der Waals surface area contributed by atoms with Gasteiger partial charge in [-0.05, 0) is 18.2 Å². The number of piperazine rings is 1. The Balaban J connectivity index is 1.45. The molecule has 0 spiro atoms. The zero-order chi connectivity index (χ0) is 19.6. The Morgan fingerprint density at radius 1 is 0.862 bits per heavy atom. The second kappa shape index (κ2) is 7.39. The molecule has 0 saturated carbocycles. The first-order chi connectivity index (χ1) is 14.3. The van der Waals surface area contributed by atoms with Gasteiger partial charge < -0.3 is 14.2 Å². The van der Waals surface area contributed by atoms with E-state index in [0.717, 1.165) is 41.2 Å². The minimum Gasteiger partial charge on any atom is -0.472 e. The van der Waals surface area contributed by atoms with E-state index in [1.54, 1.807) is 6.07 Å². The molecule has 144 valence electrons. The Hall–Kier alpha value is -3.67. The number of amides is 1. The second-order valence-corrected chi connectivity index (χ2v) is 7.05. The van der Waals surface area contributed by atoms with Gasteiger partial charge in [0.1, 0.15) is 12.1 Å². The lowest BCUT2D eigenvalue weighted by molar-refractivity contribution is 0.0746. The molecule has 1 aliphatic rings. The number of carbonyl (C=O) groups excluding carboxylic acids is 1. The average Bonchev–Trinajstić information content (AvgIpc) is 3.34. The van der Waals surface area contributed by atoms with Gasteiger partial charge in [-0.1, -0.05) is 42.5 Å². The SMILES string of the molecule is O=C(c1ccoc1)N1CCN(c2nc(-c3ccccc3)nc3ccccc23)CC1. The van der Waals surface area contributed by atoms with Crippen molar-refractivity contribution in [2.24, 2.45) is 0 Å². The summed E-state index contributed by atoms with van der Waals surface area (Å²) in [5.74, 6) is 1.65. The predicted octanol–water partition coefficient (Wildman–Crippen LogP) is 3.85. The highest BCUT2D eigenvalue weighted by Gasteiger charge is 2.25. The van der Waals surface area contributed by atoms with Gasteiger partial charge in [0.05, 0.1) is 17.3 Å². The van der Waals surface area contributed by atoms with E-state index in [0.29, 0.717) is 18.7 Å². The molecule has 4 aromatic rings. The highest BCUT2D eigenvalue weighted by atomic mass is 16.3. The summed E-state index contributed by atoms with van der Waals surface area (Å²) in [6, 6.07) is 19.8. The van der Waals surface area contributed by atoms with Crippen LogP contribution in [0.4, 0.5) is 5.82 Å². The zero-order valence-electron chi connectivity index (χ0n) is 15.9. The van der Waals surface area contributed by atoms with Crippen molar-refractivity contribution >= 4 is 22.6 Å². The topological polar surface area (TPSA) is 62.5 Å². The smallest absolute Gasteiger partial charge is 0.257 e. The number of hydrogen-bond acceptors (Lipinski definition) is 5. The van der Waals surface area contributed by atoms with Crippen molar-refractivity contribution in [2.45, 2.75) is 0 Å². The summed E-state index contributed by atoms with van der Waals surface area (Å²) in [4.78, 5) is 26.4. The van der Waals surface area contributed by atoms with Gasteiger partial charge in [0.15, 0.2) is 5.82 Å². The van der Waals surface area contributed by atoms with Crippen LogP contribution in [0.25, 0.3) is 22.3 Å². The molecule has 2 aromatic carbocycles. The third-order valence-corrected chi connectivity index (χ3v) is 5.25. The summed E-state index contributed by atoms with van der Waals surface area (Å²) >= 11 is 0. The van der Waals surface area contributed by atoms with Crippen LogP contribution in [0, 0.1) is 0 Å². The van der Waals surface area contributed by atoms with Crippen LogP contribution in [0.2, 0.25) is 0 Å². The molecule has 0 radical (unpaired) electrons. The van der Waals surface area contributed by atoms with E-state index in [-0.39, 0.29) is 5.91 Å². The molecule has 2 aromatic heterocycles. The van der Waals surface area contributed by atoms with Crippen LogP contribution >= 0.6 is 0 Å². The molecule has 0 atom stereocenters. The molecular weight excluding hydrogens is 364 g/mol. The third-order valence-electron chi connectivity index (χ3n) is 5.25. The van der Waals surface area contributed by atoms with E-state index in [2.05, 4.69) is 11.0 Å². The zero-order valence-corrected chi connectivity index (χ0v) is 15.9. The van der Waals surface area contributed by atoms with E-state index >= 15 is 0 Å². The molecule has 6 nitrogen and oxygen atoms in total. The second-order valence-electron chi connectivity index (χ2n) is 7.05. The monoisotopic (exact) mass is 384 g/mol. The van der Waals surface area contributed by atoms with Gasteiger partial charge >= 0.3 is 0 Å². The number of rotatable bonds is 3. The minimum atomic E-state index is 0.0101. The van der Waals surface area contributed by atoms with Crippen molar-refractivity contribution in [1.29, 1.82) is 0 Å². The normalized spacial score (nSPS) is 14.3. The number of nitrogens with zero attached hydrogens (tertiary/aromatic N) is 4. The maximum Gasteiger partial charge on any atom is 0.257 e. The molecule has 1 saturated heterocycles. The lowest BCUT2D eigenvalue weighted by atomic mass is 10.1. The van der Waals surface area contributed by atoms with Crippen LogP contribution in [-0.4, -0.2) is 47.0 Å². The molecule has 0 aliphatic carbocycles. The van der Waals surface area contributed by atoms with Crippen LogP contribution in [0.5, 0.6) is 0 Å². The lowest BCUT2D eigenvalue weighted by Gasteiger charge is -2.35. The third kappa shape index (κ3) is 3.33. The predicted molar refractivity (Wildman–Crippen MR) is 112 cm³/mol. The van der Waals surface area contributed by atoms with Crippen LogP contribution < -0.4 is 4.90 Å². The quantitative estimate of drug-likeness (QED) is 0.537. The first-order valence-corrected chi connectivity index (χ1v) is 9.68. The summed E-state index contributed by atoms with van der Waals surface area (Å²) in [7, 11) is 0. The van der Waals surface area contributed by atoms with E-state index in [9.17, 15) is 4.79 Å². The van der Waals surface area contributed by atoms with E-state index in [1.165, 1.54) is 12.5 Å². The lowest BCUT2D eigenvalue weighted by Crippen LogP contribution is -2.49. The van der Waals surface area contributed by atoms with Crippen molar-refractivity contribution in [1.82, 2.24) is 14.9 Å². The molecular formula is C23H20N4O2. The van der Waals surface area contributed by atoms with Crippen molar-refractivity contribution in [3.63, 3.8) is 0 Å². The summed E-state index contributed by atoms with van der Waals surface area (Å²) in [6.07, 6.45) is 3.03. The van der Waals surface area contributed by atoms with Gasteiger partial charge in [0.2, 0.25) is 0 Å². The standard InChI is InChI=1S/C23H20N4O2/c28-23(18-10-15-29-16-18)27-13-11-26(12-14-27)22-19-8-4-5-9-20(19)24-21(25-22)17-6-2-1-3-7-17/h1-10,15-16H,11-14H2. The average molecular weight is 384 g/mol. The fourth-order valence-electron chi connectivity index (χ4n) is 3.71. The first kappa shape index (κ1) is 17.4. The number of para-hydroxylation sites is 1. The molecule has 1 aliphatic heterocycles. The molecule has 1 amide bonds. The number of furan rings is 1. The molecule has 5 rings (SSSR count). The van der Waals surface area contributed by atoms with Crippen LogP contribution in [0.15, 0.2) is 77.6 Å². The van der Waals surface area contributed by atoms with E-state index in [1.807, 2.05) is 53.4 Å². The Bertz CT molecular complexity index is 1130. The largest absolute Gasteiger partial charge is 0.472 e. The van der Waals surface area contributed by atoms with Crippen molar-refractivity contribution in [2.75, 3.05) is 31.1 Å². The van der Waals surface area contributed by atoms with Crippen LogP contribution in [-0.2, 0) is 0 Å². The number of fused-ring (bicyclic) bond motifs is 1. The van der Waals surface area contributed by atoms with Crippen molar-refractivity contribution in [3.05, 3.63) is 78.8 Å². The van der Waals surface area contributed by atoms with Crippen LogP contribution in [0.3, 0.4) is 0 Å².